The third-order valence-electron chi connectivity index (χ3n) is 5.37. The molecule has 0 bridgehead atoms. The molecule has 2 N–H and O–H groups in total. The Morgan fingerprint density at radius 2 is 1.94 bits per heavy atom. The lowest BCUT2D eigenvalue weighted by Gasteiger charge is -2.26. The van der Waals surface area contributed by atoms with Gasteiger partial charge in [-0.05, 0) is 50.6 Å². The molecular weight excluding hydrogens is 439 g/mol. The lowest BCUT2D eigenvalue weighted by atomic mass is 10.1. The second kappa shape index (κ2) is 10.2. The van der Waals surface area contributed by atoms with Gasteiger partial charge in [-0.25, -0.2) is 4.39 Å². The lowest BCUT2D eigenvalue weighted by molar-refractivity contribution is -0.106. The van der Waals surface area contributed by atoms with Crippen LogP contribution in [0.3, 0.4) is 0 Å². The van der Waals surface area contributed by atoms with Crippen LogP contribution in [0.25, 0.3) is 0 Å². The fourth-order valence-corrected chi connectivity index (χ4v) is 3.69. The number of ether oxygens (including phenoxy) is 1. The zero-order valence-corrected chi connectivity index (χ0v) is 19.7. The minimum atomic E-state index is -0.559. The van der Waals surface area contributed by atoms with Crippen LogP contribution in [0, 0.1) is 19.7 Å². The van der Waals surface area contributed by atoms with Gasteiger partial charge in [0.05, 0.1) is 23.7 Å². The van der Waals surface area contributed by atoms with Gasteiger partial charge in [-0.2, -0.15) is 0 Å². The summed E-state index contributed by atoms with van der Waals surface area (Å²) in [6.07, 6.45) is 0.523. The highest BCUT2D eigenvalue weighted by Crippen LogP contribution is 2.36. The number of nitrogens with zero attached hydrogens (tertiary/aromatic N) is 2. The quantitative estimate of drug-likeness (QED) is 0.491. The number of rotatable bonds is 8. The summed E-state index contributed by atoms with van der Waals surface area (Å²) in [5.41, 5.74) is 1.01. The molecule has 0 aliphatic heterocycles. The third kappa shape index (κ3) is 4.63. The van der Waals surface area contributed by atoms with Crippen molar-refractivity contribution in [3.63, 3.8) is 0 Å². The van der Waals surface area contributed by atoms with Crippen LogP contribution in [0.2, 0.25) is 0 Å². The van der Waals surface area contributed by atoms with Gasteiger partial charge < -0.3 is 15.4 Å². The van der Waals surface area contributed by atoms with E-state index in [0.29, 0.717) is 24.5 Å². The molecule has 0 spiro atoms. The molecule has 0 fully saturated rings. The van der Waals surface area contributed by atoms with E-state index in [0.717, 1.165) is 5.56 Å². The van der Waals surface area contributed by atoms with Crippen LogP contribution < -0.4 is 25.8 Å². The minimum absolute atomic E-state index is 0.0102. The Hall–Kier alpha value is -4.14. The highest BCUT2D eigenvalue weighted by Gasteiger charge is 2.28. The molecule has 2 aromatic carbocycles. The number of aryl methyl sites for hydroxylation is 1. The molecule has 0 aliphatic carbocycles. The Bertz CT molecular complexity index is 1300. The summed E-state index contributed by atoms with van der Waals surface area (Å²) in [7, 11) is 2.91. The Labute approximate surface area is 197 Å². The van der Waals surface area contributed by atoms with E-state index in [4.69, 9.17) is 4.74 Å². The van der Waals surface area contributed by atoms with Crippen molar-refractivity contribution in [1.29, 1.82) is 0 Å². The monoisotopic (exact) mass is 466 g/mol. The number of hydrogen-bond acceptors (Lipinski definition) is 5. The van der Waals surface area contributed by atoms with Crippen molar-refractivity contribution in [1.82, 2.24) is 9.88 Å². The van der Waals surface area contributed by atoms with Gasteiger partial charge in [-0.3, -0.25) is 23.9 Å². The van der Waals surface area contributed by atoms with Gasteiger partial charge in [-0.1, -0.05) is 12.1 Å². The number of anilines is 4. The predicted molar refractivity (Wildman–Crippen MR) is 130 cm³/mol. The first kappa shape index (κ1) is 24.5. The normalized spacial score (nSPS) is 10.5. The van der Waals surface area contributed by atoms with E-state index >= 15 is 0 Å². The molecule has 178 valence electrons. The number of benzene rings is 2. The van der Waals surface area contributed by atoms with Crippen molar-refractivity contribution < 1.29 is 18.7 Å². The number of pyridine rings is 1. The fraction of sp³-hybridized carbons (Fsp3) is 0.240. The van der Waals surface area contributed by atoms with E-state index in [1.807, 2.05) is 6.92 Å². The molecule has 34 heavy (non-hydrogen) atoms. The Kier molecular flexibility index (Phi) is 7.35. The first-order valence-corrected chi connectivity index (χ1v) is 10.7. The van der Waals surface area contributed by atoms with Crippen molar-refractivity contribution in [2.45, 2.75) is 20.8 Å². The van der Waals surface area contributed by atoms with E-state index in [1.54, 1.807) is 37.3 Å². The van der Waals surface area contributed by atoms with Crippen LogP contribution in [0.4, 0.5) is 27.3 Å². The first-order valence-electron chi connectivity index (χ1n) is 10.7. The van der Waals surface area contributed by atoms with Crippen LogP contribution >= 0.6 is 0 Å². The molecular formula is C25H27FN4O4. The zero-order valence-electron chi connectivity index (χ0n) is 19.7. The Morgan fingerprint density at radius 3 is 2.56 bits per heavy atom. The second-order valence-corrected chi connectivity index (χ2v) is 7.65. The summed E-state index contributed by atoms with van der Waals surface area (Å²) in [6, 6.07) is 11.3. The summed E-state index contributed by atoms with van der Waals surface area (Å²) in [5.74, 6) is -0.541. The van der Waals surface area contributed by atoms with Crippen LogP contribution in [0.1, 0.15) is 28.4 Å². The van der Waals surface area contributed by atoms with Crippen molar-refractivity contribution in [2.24, 2.45) is 7.05 Å². The molecule has 8 nitrogen and oxygen atoms in total. The average molecular weight is 467 g/mol. The third-order valence-corrected chi connectivity index (χ3v) is 5.37. The average Bonchev–Trinajstić information content (AvgIpc) is 2.82. The highest BCUT2D eigenvalue weighted by atomic mass is 19.1. The molecule has 2 amide bonds. The SMILES string of the molecule is CCOc1cccc(N(C=O)c2c(C(=O)NC)c(Nc3ccc(C)cc3F)n(C)c(=O)c2C)c1. The predicted octanol–water partition coefficient (Wildman–Crippen LogP) is 3.94. The molecule has 3 rings (SSSR count). The number of hydrogen-bond donors (Lipinski definition) is 2. The van der Waals surface area contributed by atoms with Crippen molar-refractivity contribution >= 4 is 35.2 Å². The fourth-order valence-electron chi connectivity index (χ4n) is 3.69. The van der Waals surface area contributed by atoms with Crippen LogP contribution in [-0.2, 0) is 11.8 Å². The topological polar surface area (TPSA) is 92.7 Å². The summed E-state index contributed by atoms with van der Waals surface area (Å²) in [4.78, 5) is 39.8. The van der Waals surface area contributed by atoms with Crippen LogP contribution in [-0.4, -0.2) is 30.5 Å². The summed E-state index contributed by atoms with van der Waals surface area (Å²) < 4.78 is 21.4. The number of nitrogens with one attached hydrogen (secondary N) is 2. The molecule has 3 aromatic rings. The van der Waals surface area contributed by atoms with Gasteiger partial charge in [-0.15, -0.1) is 0 Å². The van der Waals surface area contributed by atoms with E-state index in [1.165, 1.54) is 42.6 Å². The van der Waals surface area contributed by atoms with Crippen molar-refractivity contribution in [3.8, 4) is 5.75 Å². The van der Waals surface area contributed by atoms with Crippen molar-refractivity contribution in [2.75, 3.05) is 23.9 Å². The van der Waals surface area contributed by atoms with Crippen molar-refractivity contribution in [3.05, 3.63) is 75.3 Å². The van der Waals surface area contributed by atoms with Gasteiger partial charge in [0.1, 0.15) is 22.9 Å². The summed E-state index contributed by atoms with van der Waals surface area (Å²) in [5, 5.41) is 5.43. The maximum Gasteiger partial charge on any atom is 0.256 e. The molecule has 1 heterocycles. The number of aromatic nitrogens is 1. The minimum Gasteiger partial charge on any atom is -0.494 e. The number of carbonyl (C=O) groups is 2. The van der Waals surface area contributed by atoms with E-state index in [2.05, 4.69) is 10.6 Å². The van der Waals surface area contributed by atoms with E-state index in [-0.39, 0.29) is 28.3 Å². The molecule has 0 saturated heterocycles. The number of halogens is 1. The maximum atomic E-state index is 14.6. The van der Waals surface area contributed by atoms with Gasteiger partial charge >= 0.3 is 0 Å². The maximum absolute atomic E-state index is 14.6. The van der Waals surface area contributed by atoms with Gasteiger partial charge in [0.15, 0.2) is 0 Å². The molecule has 0 unspecified atom stereocenters. The number of carbonyl (C=O) groups excluding carboxylic acids is 2. The molecule has 0 atom stereocenters. The largest absolute Gasteiger partial charge is 0.494 e. The zero-order chi connectivity index (χ0) is 25.0. The molecule has 0 aliphatic rings. The van der Waals surface area contributed by atoms with Gasteiger partial charge in [0.25, 0.3) is 11.5 Å². The molecule has 9 heteroatoms. The van der Waals surface area contributed by atoms with E-state index in [9.17, 15) is 18.8 Å². The van der Waals surface area contributed by atoms with Gasteiger partial charge in [0.2, 0.25) is 6.41 Å². The molecule has 1 aromatic heterocycles. The number of amides is 2. The van der Waals surface area contributed by atoms with Gasteiger partial charge in [0, 0.05) is 25.7 Å². The Morgan fingerprint density at radius 1 is 1.21 bits per heavy atom. The molecule has 0 radical (unpaired) electrons. The molecule has 0 saturated carbocycles. The van der Waals surface area contributed by atoms with E-state index < -0.39 is 17.3 Å². The smallest absolute Gasteiger partial charge is 0.256 e. The second-order valence-electron chi connectivity index (χ2n) is 7.65. The summed E-state index contributed by atoms with van der Waals surface area (Å²) in [6.45, 7) is 5.54. The standard InChI is InChI=1S/C25H27FN4O4/c1-6-34-18-9-7-8-17(13-18)30(14-31)22-16(3)25(33)29(5)23(21(22)24(32)27-4)28-20-11-10-15(2)12-19(20)26/h7-14,28H,6H2,1-5H3,(H,27,32). The van der Waals surface area contributed by atoms with Crippen LogP contribution in [0.15, 0.2) is 47.3 Å². The summed E-state index contributed by atoms with van der Waals surface area (Å²) >= 11 is 0. The first-order chi connectivity index (χ1) is 16.2. The lowest BCUT2D eigenvalue weighted by Crippen LogP contribution is -2.33. The van der Waals surface area contributed by atoms with Crippen LogP contribution in [0.5, 0.6) is 5.75 Å². The highest BCUT2D eigenvalue weighted by molar-refractivity contribution is 6.08. The Balaban J connectivity index is 2.31.